The van der Waals surface area contributed by atoms with Gasteiger partial charge in [-0.3, -0.25) is 4.55 Å². The van der Waals surface area contributed by atoms with Crippen molar-refractivity contribution in [1.82, 2.24) is 0 Å². The molecule has 1 heterocycles. The largest absolute Gasteiger partial charge is 0.344 e. The molecule has 2 aromatic rings. The summed E-state index contributed by atoms with van der Waals surface area (Å²) in [6, 6.07) is 16.6. The number of hydrogen-bond acceptors (Lipinski definition) is 4. The highest BCUT2D eigenvalue weighted by atomic mass is 32.2. The summed E-state index contributed by atoms with van der Waals surface area (Å²) < 4.78 is 30.6. The molecule has 1 N–H and O–H groups in total. The summed E-state index contributed by atoms with van der Waals surface area (Å²) in [5, 5.41) is 0. The van der Waals surface area contributed by atoms with E-state index in [0.29, 0.717) is 12.2 Å². The van der Waals surface area contributed by atoms with E-state index in [9.17, 15) is 8.42 Å². The summed E-state index contributed by atoms with van der Waals surface area (Å²) in [5.41, 5.74) is 5.89. The van der Waals surface area contributed by atoms with Gasteiger partial charge in [-0.15, -0.1) is 11.8 Å². The van der Waals surface area contributed by atoms with Gasteiger partial charge in [0.05, 0.1) is 5.75 Å². The monoisotopic (exact) mass is 375 g/mol. The van der Waals surface area contributed by atoms with Gasteiger partial charge in [-0.1, -0.05) is 36.4 Å². The van der Waals surface area contributed by atoms with Crippen LogP contribution >= 0.6 is 11.8 Å². The first-order valence-electron chi connectivity index (χ1n) is 8.10. The number of hydrogen-bond donors (Lipinski definition) is 1. The minimum Gasteiger partial charge on any atom is -0.344 e. The molecule has 0 saturated carbocycles. The van der Waals surface area contributed by atoms with Crippen LogP contribution in [0.2, 0.25) is 0 Å². The van der Waals surface area contributed by atoms with Crippen LogP contribution in [0.1, 0.15) is 24.5 Å². The average molecular weight is 376 g/mol. The second kappa shape index (κ2) is 7.23. The second-order valence-electron chi connectivity index (χ2n) is 6.01. The molecule has 25 heavy (non-hydrogen) atoms. The van der Waals surface area contributed by atoms with E-state index in [-0.39, 0.29) is 5.75 Å². The maximum atomic E-state index is 10.9. The molecule has 0 aromatic heterocycles. The third-order valence-electron chi connectivity index (χ3n) is 4.29. The normalized spacial score (nSPS) is 13.4. The highest BCUT2D eigenvalue weighted by Crippen LogP contribution is 2.46. The molecule has 0 aliphatic carbocycles. The molecule has 2 aromatic carbocycles. The molecular weight excluding hydrogens is 354 g/mol. The Hall–Kier alpha value is -1.76. The first-order valence-corrected chi connectivity index (χ1v) is 10.7. The maximum absolute atomic E-state index is 10.9. The van der Waals surface area contributed by atoms with E-state index >= 15 is 0 Å². The lowest BCUT2D eigenvalue weighted by atomic mass is 9.90. The molecule has 1 aliphatic heterocycles. The van der Waals surface area contributed by atoms with Gasteiger partial charge in [0.25, 0.3) is 10.1 Å². The number of fused-ring (bicyclic) bond motifs is 2. The zero-order valence-electron chi connectivity index (χ0n) is 14.3. The summed E-state index contributed by atoms with van der Waals surface area (Å²) in [6.07, 6.45) is 0.428. The molecule has 1 aliphatic rings. The third kappa shape index (κ3) is 3.92. The second-order valence-corrected chi connectivity index (χ2v) is 8.89. The number of anilines is 2. The zero-order chi connectivity index (χ0) is 18.0. The van der Waals surface area contributed by atoms with Crippen molar-refractivity contribution < 1.29 is 13.0 Å². The van der Waals surface area contributed by atoms with Crippen molar-refractivity contribution in [2.24, 2.45) is 0 Å². The van der Waals surface area contributed by atoms with Crippen molar-refractivity contribution in [2.45, 2.75) is 13.3 Å². The molecule has 6 heteroatoms. The lowest BCUT2D eigenvalue weighted by Crippen LogP contribution is -2.18. The smallest absolute Gasteiger partial charge is 0.264 e. The fraction of sp³-hybridized carbons (Fsp3) is 0.263. The highest BCUT2D eigenvalue weighted by Gasteiger charge is 2.24. The van der Waals surface area contributed by atoms with Gasteiger partial charge in [-0.25, -0.2) is 0 Å². The van der Waals surface area contributed by atoms with Crippen LogP contribution in [-0.4, -0.2) is 31.5 Å². The van der Waals surface area contributed by atoms with Gasteiger partial charge in [0, 0.05) is 35.1 Å². The minimum absolute atomic E-state index is 0.196. The molecule has 0 atom stereocenters. The quantitative estimate of drug-likeness (QED) is 0.613. The number of allylic oxidation sites excluding steroid dienone is 1. The average Bonchev–Trinajstić information content (AvgIpc) is 2.58. The van der Waals surface area contributed by atoms with E-state index in [2.05, 4.69) is 43.1 Å². The summed E-state index contributed by atoms with van der Waals surface area (Å²) in [4.78, 5) is 3.35. The molecule has 0 amide bonds. The van der Waals surface area contributed by atoms with E-state index < -0.39 is 10.1 Å². The number of benzene rings is 2. The first-order chi connectivity index (χ1) is 11.9. The standard InChI is InChI=1S/C19H21NO3S2/c1-14(24-12-7-13-25(21,22)23)19-15-8-3-5-10-17(15)20(2)18-11-6-4-9-16(18)19/h3-6,8-11H,7,12-13H2,1-2H3,(H,21,22,23). The van der Waals surface area contributed by atoms with Crippen LogP contribution in [0.3, 0.4) is 0 Å². The van der Waals surface area contributed by atoms with Crippen LogP contribution in [-0.2, 0) is 10.1 Å². The van der Waals surface area contributed by atoms with Gasteiger partial charge >= 0.3 is 0 Å². The fourth-order valence-corrected chi connectivity index (χ4v) is 4.80. The molecule has 3 rings (SSSR count). The predicted molar refractivity (Wildman–Crippen MR) is 106 cm³/mol. The Kier molecular flexibility index (Phi) is 5.22. The Morgan fingerprint density at radius 2 is 1.56 bits per heavy atom. The van der Waals surface area contributed by atoms with Gasteiger partial charge in [-0.05, 0) is 36.1 Å². The Labute approximate surface area is 153 Å². The van der Waals surface area contributed by atoms with E-state index in [1.165, 1.54) is 16.7 Å². The van der Waals surface area contributed by atoms with Crippen molar-refractivity contribution in [2.75, 3.05) is 23.5 Å². The lowest BCUT2D eigenvalue weighted by Gasteiger charge is -2.32. The molecule has 4 nitrogen and oxygen atoms in total. The van der Waals surface area contributed by atoms with Crippen molar-refractivity contribution in [3.8, 4) is 0 Å². The molecule has 0 saturated heterocycles. The van der Waals surface area contributed by atoms with Crippen molar-refractivity contribution >= 4 is 38.8 Å². The molecule has 0 spiro atoms. The van der Waals surface area contributed by atoms with Gasteiger partial charge in [0.2, 0.25) is 0 Å². The SMILES string of the molecule is CC(SCCCS(=O)(=O)O)=C1c2ccccc2N(C)c2ccccc21. The van der Waals surface area contributed by atoms with Crippen LogP contribution in [0.15, 0.2) is 53.4 Å². The number of para-hydroxylation sites is 2. The molecule has 0 bridgehead atoms. The first kappa shape index (κ1) is 18.0. The van der Waals surface area contributed by atoms with Gasteiger partial charge in [0.1, 0.15) is 0 Å². The summed E-state index contributed by atoms with van der Waals surface area (Å²) in [7, 11) is -1.82. The number of rotatable bonds is 5. The zero-order valence-corrected chi connectivity index (χ0v) is 15.9. The number of nitrogens with zero attached hydrogens (tertiary/aromatic N) is 1. The summed E-state index contributed by atoms with van der Waals surface area (Å²) in [5.74, 6) is 0.452. The minimum atomic E-state index is -3.89. The van der Waals surface area contributed by atoms with Crippen LogP contribution in [0.25, 0.3) is 5.57 Å². The Bertz CT molecular complexity index is 870. The summed E-state index contributed by atoms with van der Waals surface area (Å²) in [6.45, 7) is 2.08. The fourth-order valence-electron chi connectivity index (χ4n) is 3.15. The molecule has 0 fully saturated rings. The maximum Gasteiger partial charge on any atom is 0.264 e. The van der Waals surface area contributed by atoms with E-state index in [0.717, 1.165) is 16.3 Å². The topological polar surface area (TPSA) is 57.6 Å². The van der Waals surface area contributed by atoms with E-state index in [4.69, 9.17) is 4.55 Å². The third-order valence-corrected chi connectivity index (χ3v) is 6.22. The Balaban J connectivity index is 1.96. The van der Waals surface area contributed by atoms with E-state index in [1.54, 1.807) is 11.8 Å². The summed E-state index contributed by atoms with van der Waals surface area (Å²) >= 11 is 1.64. The Morgan fingerprint density at radius 1 is 1.04 bits per heavy atom. The van der Waals surface area contributed by atoms with E-state index in [1.807, 2.05) is 24.3 Å². The molecular formula is C19H21NO3S2. The van der Waals surface area contributed by atoms with Crippen LogP contribution < -0.4 is 4.90 Å². The van der Waals surface area contributed by atoms with Gasteiger partial charge < -0.3 is 4.90 Å². The van der Waals surface area contributed by atoms with Gasteiger partial charge in [0.15, 0.2) is 0 Å². The van der Waals surface area contributed by atoms with Gasteiger partial charge in [-0.2, -0.15) is 8.42 Å². The molecule has 0 radical (unpaired) electrons. The lowest BCUT2D eigenvalue weighted by molar-refractivity contribution is 0.482. The van der Waals surface area contributed by atoms with Crippen LogP contribution in [0.5, 0.6) is 0 Å². The predicted octanol–water partition coefficient (Wildman–Crippen LogP) is 4.56. The molecule has 0 unspecified atom stereocenters. The molecule has 132 valence electrons. The van der Waals surface area contributed by atoms with Crippen molar-refractivity contribution in [3.05, 3.63) is 64.6 Å². The highest BCUT2D eigenvalue weighted by molar-refractivity contribution is 8.03. The van der Waals surface area contributed by atoms with Crippen molar-refractivity contribution in [1.29, 1.82) is 0 Å². The van der Waals surface area contributed by atoms with Crippen LogP contribution in [0, 0.1) is 0 Å². The number of thioether (sulfide) groups is 1. The van der Waals surface area contributed by atoms with Crippen molar-refractivity contribution in [3.63, 3.8) is 0 Å². The Morgan fingerprint density at radius 3 is 2.08 bits per heavy atom. The van der Waals surface area contributed by atoms with Crippen LogP contribution in [0.4, 0.5) is 11.4 Å².